The Morgan fingerprint density at radius 2 is 2.47 bits per heavy atom. The normalized spacial score (nSPS) is 30.9. The molecule has 82 valence electrons. The summed E-state index contributed by atoms with van der Waals surface area (Å²) in [5, 5.41) is 11.5. The highest BCUT2D eigenvalue weighted by atomic mass is 16.5. The van der Waals surface area contributed by atoms with Crippen LogP contribution in [0.3, 0.4) is 0 Å². The molecule has 2 heterocycles. The van der Waals surface area contributed by atoms with Crippen molar-refractivity contribution < 1.29 is 14.6 Å². The van der Waals surface area contributed by atoms with E-state index in [9.17, 15) is 4.79 Å². The van der Waals surface area contributed by atoms with Crippen LogP contribution in [0.2, 0.25) is 0 Å². The zero-order valence-electron chi connectivity index (χ0n) is 8.35. The predicted molar refractivity (Wildman–Crippen MR) is 53.2 cm³/mol. The quantitative estimate of drug-likeness (QED) is 0.668. The Kier molecular flexibility index (Phi) is 2.75. The second-order valence-corrected chi connectivity index (χ2v) is 3.63. The number of carbonyl (C=O) groups is 1. The van der Waals surface area contributed by atoms with Crippen LogP contribution in [0, 0.1) is 0 Å². The van der Waals surface area contributed by atoms with Crippen molar-refractivity contribution in [3.63, 3.8) is 0 Å². The maximum Gasteiger partial charge on any atom is 0.250 e. The summed E-state index contributed by atoms with van der Waals surface area (Å²) in [4.78, 5) is 12.8. The van der Waals surface area contributed by atoms with Gasteiger partial charge in [0.1, 0.15) is 12.0 Å². The van der Waals surface area contributed by atoms with Crippen molar-refractivity contribution in [2.75, 3.05) is 6.61 Å². The molecule has 0 aliphatic carbocycles. The molecule has 2 aliphatic heterocycles. The van der Waals surface area contributed by atoms with Crippen LogP contribution in [0.5, 0.6) is 0 Å². The van der Waals surface area contributed by atoms with Crippen molar-refractivity contribution in [2.24, 2.45) is 0 Å². The van der Waals surface area contributed by atoms with Crippen LogP contribution in [0.1, 0.15) is 12.8 Å². The summed E-state index contributed by atoms with van der Waals surface area (Å²) >= 11 is 0. The number of hydrogen-bond acceptors (Lipinski definition) is 4. The average molecular weight is 210 g/mol. The van der Waals surface area contributed by atoms with Gasteiger partial charge in [0.05, 0.1) is 12.7 Å². The Bertz CT molecular complexity index is 314. The number of nitrogens with one attached hydrogen (secondary N) is 1. The van der Waals surface area contributed by atoms with E-state index in [-0.39, 0.29) is 24.8 Å². The topological polar surface area (TPSA) is 61.8 Å². The number of ether oxygens (including phenoxy) is 1. The van der Waals surface area contributed by atoms with E-state index in [1.807, 2.05) is 0 Å². The van der Waals surface area contributed by atoms with Crippen molar-refractivity contribution in [1.82, 2.24) is 10.2 Å². The minimum Gasteiger partial charge on any atom is -0.394 e. The van der Waals surface area contributed by atoms with E-state index in [1.54, 1.807) is 11.1 Å². The molecule has 0 aromatic carbocycles. The summed E-state index contributed by atoms with van der Waals surface area (Å²) in [5.41, 5.74) is 0. The number of hydrogen-bond donors (Lipinski definition) is 2. The Hall–Kier alpha value is -1.33. The van der Waals surface area contributed by atoms with Crippen LogP contribution in [0.15, 0.2) is 24.7 Å². The van der Waals surface area contributed by atoms with Gasteiger partial charge in [-0.15, -0.1) is 0 Å². The van der Waals surface area contributed by atoms with Crippen molar-refractivity contribution in [3.8, 4) is 0 Å². The second kappa shape index (κ2) is 4.04. The van der Waals surface area contributed by atoms with Crippen LogP contribution in [-0.2, 0) is 9.53 Å². The zero-order chi connectivity index (χ0) is 10.8. The molecule has 5 heteroatoms. The molecule has 0 radical (unpaired) electrons. The molecule has 2 rings (SSSR count). The Morgan fingerprint density at radius 1 is 1.67 bits per heavy atom. The van der Waals surface area contributed by atoms with Gasteiger partial charge in [0, 0.05) is 12.3 Å². The minimum absolute atomic E-state index is 0.0346. The lowest BCUT2D eigenvalue weighted by atomic mass is 10.2. The smallest absolute Gasteiger partial charge is 0.250 e. The van der Waals surface area contributed by atoms with Gasteiger partial charge in [-0.25, -0.2) is 0 Å². The lowest BCUT2D eigenvalue weighted by molar-refractivity contribution is -0.117. The number of rotatable bonds is 2. The highest BCUT2D eigenvalue weighted by molar-refractivity contribution is 5.89. The van der Waals surface area contributed by atoms with E-state index < -0.39 is 0 Å². The van der Waals surface area contributed by atoms with Crippen molar-refractivity contribution in [3.05, 3.63) is 24.7 Å². The summed E-state index contributed by atoms with van der Waals surface area (Å²) in [5.74, 6) is 0.346. The highest BCUT2D eigenvalue weighted by Crippen LogP contribution is 2.25. The maximum absolute atomic E-state index is 11.0. The first-order valence-corrected chi connectivity index (χ1v) is 4.93. The van der Waals surface area contributed by atoms with E-state index in [2.05, 4.69) is 11.9 Å². The molecule has 1 saturated heterocycles. The molecule has 2 N–H and O–H groups in total. The van der Waals surface area contributed by atoms with Gasteiger partial charge in [0.25, 0.3) is 5.91 Å². The van der Waals surface area contributed by atoms with Gasteiger partial charge in [-0.2, -0.15) is 0 Å². The monoisotopic (exact) mass is 210 g/mol. The van der Waals surface area contributed by atoms with Crippen LogP contribution >= 0.6 is 0 Å². The molecule has 15 heavy (non-hydrogen) atoms. The van der Waals surface area contributed by atoms with Crippen LogP contribution < -0.4 is 5.32 Å². The average Bonchev–Trinajstić information content (AvgIpc) is 2.66. The SMILES string of the molecule is C=C1NC(=O)C=CN1C1CCC(CO)O1. The molecule has 0 aromatic heterocycles. The van der Waals surface area contributed by atoms with Crippen LogP contribution in [-0.4, -0.2) is 34.9 Å². The molecular weight excluding hydrogens is 196 g/mol. The molecular formula is C10H14N2O3. The molecule has 1 amide bonds. The fraction of sp³-hybridized carbons (Fsp3) is 0.500. The summed E-state index contributed by atoms with van der Waals surface area (Å²) in [6.45, 7) is 3.78. The van der Waals surface area contributed by atoms with Gasteiger partial charge >= 0.3 is 0 Å². The lowest BCUT2D eigenvalue weighted by Gasteiger charge is -2.31. The van der Waals surface area contributed by atoms with Gasteiger partial charge in [0.15, 0.2) is 0 Å². The fourth-order valence-corrected chi connectivity index (χ4v) is 1.78. The fourth-order valence-electron chi connectivity index (χ4n) is 1.78. The van der Waals surface area contributed by atoms with Crippen LogP contribution in [0.25, 0.3) is 0 Å². The summed E-state index contributed by atoms with van der Waals surface area (Å²) in [6, 6.07) is 0. The highest BCUT2D eigenvalue weighted by Gasteiger charge is 2.30. The third-order valence-corrected chi connectivity index (χ3v) is 2.56. The second-order valence-electron chi connectivity index (χ2n) is 3.63. The Balaban J connectivity index is 2.02. The third-order valence-electron chi connectivity index (χ3n) is 2.56. The standard InChI is InChI=1S/C10H14N2O3/c1-7-11-9(14)4-5-12(7)10-3-2-8(6-13)15-10/h4-5,8,10,13H,1-3,6H2,(H,11,14). The number of amides is 1. The predicted octanol–water partition coefficient (Wildman–Crippen LogP) is -0.0995. The molecule has 0 spiro atoms. The molecule has 2 atom stereocenters. The lowest BCUT2D eigenvalue weighted by Crippen LogP contribution is -2.41. The van der Waals surface area contributed by atoms with Gasteiger partial charge in [-0.3, -0.25) is 4.79 Å². The number of nitrogens with zero attached hydrogens (tertiary/aromatic N) is 1. The Labute approximate surface area is 88.0 Å². The molecule has 0 aromatic rings. The van der Waals surface area contributed by atoms with Crippen LogP contribution in [0.4, 0.5) is 0 Å². The first-order valence-electron chi connectivity index (χ1n) is 4.93. The first kappa shape index (κ1) is 10.2. The van der Waals surface area contributed by atoms with E-state index in [1.165, 1.54) is 6.08 Å². The van der Waals surface area contributed by atoms with Crippen molar-refractivity contribution in [2.45, 2.75) is 25.2 Å². The summed E-state index contributed by atoms with van der Waals surface area (Å²) in [6.07, 6.45) is 4.51. The summed E-state index contributed by atoms with van der Waals surface area (Å²) < 4.78 is 5.57. The van der Waals surface area contributed by atoms with Gasteiger partial charge < -0.3 is 20.1 Å². The Morgan fingerprint density at radius 3 is 3.07 bits per heavy atom. The molecule has 2 unspecified atom stereocenters. The van der Waals surface area contributed by atoms with Crippen molar-refractivity contribution >= 4 is 5.91 Å². The number of aliphatic hydroxyl groups is 1. The molecule has 5 nitrogen and oxygen atoms in total. The van der Waals surface area contributed by atoms with E-state index in [4.69, 9.17) is 9.84 Å². The zero-order valence-corrected chi connectivity index (χ0v) is 8.35. The van der Waals surface area contributed by atoms with E-state index >= 15 is 0 Å². The number of carbonyl (C=O) groups excluding carboxylic acids is 1. The minimum atomic E-state index is -0.173. The first-order chi connectivity index (χ1) is 7.20. The van der Waals surface area contributed by atoms with Gasteiger partial charge in [-0.1, -0.05) is 6.58 Å². The molecule has 2 aliphatic rings. The summed E-state index contributed by atoms with van der Waals surface area (Å²) in [7, 11) is 0. The van der Waals surface area contributed by atoms with Crippen molar-refractivity contribution in [1.29, 1.82) is 0 Å². The maximum atomic E-state index is 11.0. The van der Waals surface area contributed by atoms with E-state index in [0.29, 0.717) is 5.82 Å². The van der Waals surface area contributed by atoms with E-state index in [0.717, 1.165) is 12.8 Å². The number of aliphatic hydroxyl groups excluding tert-OH is 1. The molecule has 1 fully saturated rings. The van der Waals surface area contributed by atoms with Gasteiger partial charge in [0.2, 0.25) is 0 Å². The largest absolute Gasteiger partial charge is 0.394 e. The van der Waals surface area contributed by atoms with Gasteiger partial charge in [-0.05, 0) is 12.8 Å². The molecule has 0 saturated carbocycles. The molecule has 0 bridgehead atoms. The third kappa shape index (κ3) is 2.03.